The van der Waals surface area contributed by atoms with Gasteiger partial charge in [0.05, 0.1) is 7.11 Å². The number of carbonyl (C=O) groups excluding carboxylic acids is 2. The number of ether oxygens (including phenoxy) is 1. The first-order chi connectivity index (χ1) is 9.67. The summed E-state index contributed by atoms with van der Waals surface area (Å²) in [4.78, 5) is 27.9. The van der Waals surface area contributed by atoms with Crippen LogP contribution in [0.15, 0.2) is 0 Å². The molecule has 6 nitrogen and oxygen atoms in total. The van der Waals surface area contributed by atoms with Gasteiger partial charge in [0.1, 0.15) is 5.60 Å². The van der Waals surface area contributed by atoms with Crippen LogP contribution in [0.2, 0.25) is 0 Å². The van der Waals surface area contributed by atoms with Crippen molar-refractivity contribution in [3.05, 3.63) is 0 Å². The molecule has 0 fully saturated rings. The molecule has 2 amide bonds. The average molecular weight is 304 g/mol. The topological polar surface area (TPSA) is 67.9 Å². The van der Waals surface area contributed by atoms with Gasteiger partial charge in [-0.1, -0.05) is 20.8 Å². The summed E-state index contributed by atoms with van der Waals surface area (Å²) in [6.45, 7) is 11.8. The second kappa shape index (κ2) is 11.4. The first kappa shape index (κ1) is 22.0. The van der Waals surface area contributed by atoms with Crippen molar-refractivity contribution >= 4 is 12.0 Å². The van der Waals surface area contributed by atoms with Gasteiger partial charge in [0.15, 0.2) is 0 Å². The van der Waals surface area contributed by atoms with Crippen molar-refractivity contribution in [3.8, 4) is 0 Å². The van der Waals surface area contributed by atoms with E-state index in [-0.39, 0.29) is 11.8 Å². The van der Waals surface area contributed by atoms with Gasteiger partial charge in [0, 0.05) is 19.5 Å². The maximum absolute atomic E-state index is 11.7. The van der Waals surface area contributed by atoms with E-state index in [0.717, 1.165) is 0 Å². The normalized spacial score (nSPS) is 11.8. The van der Waals surface area contributed by atoms with Gasteiger partial charge in [0.25, 0.3) is 0 Å². The van der Waals surface area contributed by atoms with E-state index in [9.17, 15) is 9.59 Å². The van der Waals surface area contributed by atoms with E-state index < -0.39 is 11.7 Å². The third kappa shape index (κ3) is 12.2. The summed E-state index contributed by atoms with van der Waals surface area (Å²) in [5, 5.41) is 3.87. The number of rotatable bonds is 6. The fourth-order valence-corrected chi connectivity index (χ4v) is 1.44. The Hall–Kier alpha value is -1.30. The molecule has 0 aliphatic carbocycles. The predicted octanol–water partition coefficient (Wildman–Crippen LogP) is 2.97. The molecule has 0 unspecified atom stereocenters. The number of hydrogen-bond donors (Lipinski definition) is 1. The van der Waals surface area contributed by atoms with Gasteiger partial charge in [-0.15, -0.1) is 0 Å². The Morgan fingerprint density at radius 3 is 2.19 bits per heavy atom. The summed E-state index contributed by atoms with van der Waals surface area (Å²) >= 11 is 0. The Kier molecular flexibility index (Phi) is 11.9. The smallest absolute Gasteiger partial charge is 0.407 e. The second-order valence-corrected chi connectivity index (χ2v) is 5.49. The number of nitrogens with one attached hydrogen (secondary N) is 1. The first-order valence-corrected chi connectivity index (χ1v) is 7.46. The van der Waals surface area contributed by atoms with Crippen molar-refractivity contribution in [2.24, 2.45) is 5.92 Å². The maximum atomic E-state index is 11.7. The number of nitrogens with zero attached hydrogens (tertiary/aromatic N) is 1. The van der Waals surface area contributed by atoms with Crippen molar-refractivity contribution in [2.45, 2.75) is 60.0 Å². The highest BCUT2D eigenvalue weighted by atomic mass is 16.7. The van der Waals surface area contributed by atoms with Gasteiger partial charge in [-0.3, -0.25) is 9.63 Å². The molecule has 0 spiro atoms. The van der Waals surface area contributed by atoms with E-state index in [1.165, 1.54) is 12.2 Å². The van der Waals surface area contributed by atoms with Crippen LogP contribution in [-0.2, 0) is 14.4 Å². The number of hydroxylamine groups is 2. The Morgan fingerprint density at radius 2 is 1.76 bits per heavy atom. The quantitative estimate of drug-likeness (QED) is 0.605. The lowest BCUT2D eigenvalue weighted by Crippen LogP contribution is -2.34. The van der Waals surface area contributed by atoms with Crippen molar-refractivity contribution in [3.63, 3.8) is 0 Å². The molecule has 0 saturated heterocycles. The summed E-state index contributed by atoms with van der Waals surface area (Å²) < 4.78 is 5.10. The zero-order valence-corrected chi connectivity index (χ0v) is 14.8. The van der Waals surface area contributed by atoms with Crippen LogP contribution in [0.3, 0.4) is 0 Å². The summed E-state index contributed by atoms with van der Waals surface area (Å²) in [6.07, 6.45) is 0.965. The minimum Gasteiger partial charge on any atom is -0.444 e. The molecule has 0 heterocycles. The second-order valence-electron chi connectivity index (χ2n) is 5.49. The minimum atomic E-state index is -0.492. The molecule has 1 atom stereocenters. The number of carbonyl (C=O) groups is 2. The standard InChI is InChI=1S/C13H26N2O4.C2H6/c1-10(11(16)15(5)18-6)8-7-9-14-12(17)19-13(2,3)4;1-2/h10H,7-9H2,1-6H3,(H,14,17);1-2H3/t10-;/m0./s1. The lowest BCUT2D eigenvalue weighted by molar-refractivity contribution is -0.173. The van der Waals surface area contributed by atoms with Crippen LogP contribution < -0.4 is 5.32 Å². The van der Waals surface area contributed by atoms with Crippen molar-refractivity contribution < 1.29 is 19.2 Å². The van der Waals surface area contributed by atoms with Gasteiger partial charge < -0.3 is 10.1 Å². The highest BCUT2D eigenvalue weighted by Crippen LogP contribution is 2.09. The van der Waals surface area contributed by atoms with Crippen molar-refractivity contribution in [1.82, 2.24) is 10.4 Å². The van der Waals surface area contributed by atoms with Crippen LogP contribution in [0.1, 0.15) is 54.4 Å². The molecular formula is C15H32N2O4. The molecular weight excluding hydrogens is 272 g/mol. The van der Waals surface area contributed by atoms with E-state index in [2.05, 4.69) is 5.32 Å². The van der Waals surface area contributed by atoms with E-state index in [1.807, 2.05) is 41.5 Å². The van der Waals surface area contributed by atoms with Crippen LogP contribution in [0.4, 0.5) is 4.79 Å². The average Bonchev–Trinajstić information content (AvgIpc) is 2.41. The SMILES string of the molecule is CC.CON(C)C(=O)[C@@H](C)CCCNC(=O)OC(C)(C)C. The Bertz CT molecular complexity index is 301. The molecule has 21 heavy (non-hydrogen) atoms. The lowest BCUT2D eigenvalue weighted by atomic mass is 10.1. The highest BCUT2D eigenvalue weighted by molar-refractivity contribution is 5.77. The summed E-state index contributed by atoms with van der Waals surface area (Å²) in [7, 11) is 3.03. The molecule has 6 heteroatoms. The molecule has 0 bridgehead atoms. The van der Waals surface area contributed by atoms with E-state index >= 15 is 0 Å². The molecule has 126 valence electrons. The molecule has 0 aromatic carbocycles. The van der Waals surface area contributed by atoms with Gasteiger partial charge >= 0.3 is 6.09 Å². The monoisotopic (exact) mass is 304 g/mol. The lowest BCUT2D eigenvalue weighted by Gasteiger charge is -2.20. The highest BCUT2D eigenvalue weighted by Gasteiger charge is 2.18. The van der Waals surface area contributed by atoms with E-state index in [4.69, 9.17) is 9.57 Å². The van der Waals surface area contributed by atoms with Crippen molar-refractivity contribution in [2.75, 3.05) is 20.7 Å². The van der Waals surface area contributed by atoms with E-state index in [1.54, 1.807) is 7.05 Å². The summed E-state index contributed by atoms with van der Waals surface area (Å²) in [5.41, 5.74) is -0.492. The molecule has 0 radical (unpaired) electrons. The molecule has 0 aromatic rings. The Morgan fingerprint density at radius 1 is 1.24 bits per heavy atom. The van der Waals surface area contributed by atoms with Gasteiger partial charge in [-0.25, -0.2) is 9.86 Å². The van der Waals surface area contributed by atoms with E-state index in [0.29, 0.717) is 19.4 Å². The molecule has 0 aromatic heterocycles. The van der Waals surface area contributed by atoms with Crippen LogP contribution in [-0.4, -0.2) is 43.4 Å². The van der Waals surface area contributed by atoms with Crippen LogP contribution in [0.25, 0.3) is 0 Å². The Labute approximate surface area is 129 Å². The molecule has 0 rings (SSSR count). The molecule has 0 aliphatic rings. The zero-order chi connectivity index (χ0) is 17.1. The van der Waals surface area contributed by atoms with Gasteiger partial charge in [-0.2, -0.15) is 0 Å². The third-order valence-corrected chi connectivity index (χ3v) is 2.49. The maximum Gasteiger partial charge on any atom is 0.407 e. The first-order valence-electron chi connectivity index (χ1n) is 7.46. The van der Waals surface area contributed by atoms with Crippen molar-refractivity contribution in [1.29, 1.82) is 0 Å². The number of amides is 2. The summed E-state index contributed by atoms with van der Waals surface area (Å²) in [5.74, 6) is -0.204. The largest absolute Gasteiger partial charge is 0.444 e. The van der Waals surface area contributed by atoms with Crippen LogP contribution in [0.5, 0.6) is 0 Å². The predicted molar refractivity (Wildman–Crippen MR) is 83.8 cm³/mol. The fourth-order valence-electron chi connectivity index (χ4n) is 1.44. The van der Waals surface area contributed by atoms with Gasteiger partial charge in [-0.05, 0) is 33.6 Å². The fraction of sp³-hybridized carbons (Fsp3) is 0.867. The number of hydrogen-bond acceptors (Lipinski definition) is 4. The van der Waals surface area contributed by atoms with Crippen LogP contribution >= 0.6 is 0 Å². The number of alkyl carbamates (subject to hydrolysis) is 1. The summed E-state index contributed by atoms with van der Waals surface area (Å²) in [6, 6.07) is 0. The van der Waals surface area contributed by atoms with Crippen LogP contribution in [0, 0.1) is 5.92 Å². The molecule has 0 saturated carbocycles. The zero-order valence-electron chi connectivity index (χ0n) is 14.8. The third-order valence-electron chi connectivity index (χ3n) is 2.49. The molecule has 0 aliphatic heterocycles. The molecule has 1 N–H and O–H groups in total. The minimum absolute atomic E-state index is 0.0697. The van der Waals surface area contributed by atoms with Gasteiger partial charge in [0.2, 0.25) is 5.91 Å². The Balaban J connectivity index is 0.